The lowest BCUT2D eigenvalue weighted by atomic mass is 10.2. The van der Waals surface area contributed by atoms with Gasteiger partial charge in [-0.2, -0.15) is 0 Å². The molecule has 0 N–H and O–H groups in total. The number of hydrogen-bond donors (Lipinski definition) is 0. The number of nitrogens with zero attached hydrogens (tertiary/aromatic N) is 4. The molecule has 0 aliphatic rings. The van der Waals surface area contributed by atoms with Gasteiger partial charge in [-0.3, -0.25) is 0 Å². The van der Waals surface area contributed by atoms with Crippen LogP contribution in [0.2, 0.25) is 0 Å². The standard InChI is InChI=1S/C16H14N4O3/c1-22-14-10-12(16(21)23-2)8-9-13(14)20-18-15(17-19-20)11-6-4-3-5-7-11/h3-10H,1-2H3. The summed E-state index contributed by atoms with van der Waals surface area (Å²) in [7, 11) is 2.84. The number of rotatable bonds is 4. The van der Waals surface area contributed by atoms with Crippen molar-refractivity contribution in [2.45, 2.75) is 0 Å². The van der Waals surface area contributed by atoms with E-state index in [9.17, 15) is 4.79 Å². The van der Waals surface area contributed by atoms with Gasteiger partial charge in [0, 0.05) is 5.56 Å². The van der Waals surface area contributed by atoms with Crippen molar-refractivity contribution in [3.05, 3.63) is 54.1 Å². The van der Waals surface area contributed by atoms with Gasteiger partial charge in [-0.15, -0.1) is 15.0 Å². The van der Waals surface area contributed by atoms with E-state index in [4.69, 9.17) is 9.47 Å². The Labute approximate surface area is 132 Å². The number of aromatic nitrogens is 4. The highest BCUT2D eigenvalue weighted by Gasteiger charge is 2.14. The topological polar surface area (TPSA) is 79.1 Å². The molecule has 0 spiro atoms. The van der Waals surface area contributed by atoms with Crippen molar-refractivity contribution in [2.75, 3.05) is 14.2 Å². The SMILES string of the molecule is COC(=O)c1ccc(-n2nnc(-c3ccccc3)n2)c(OC)c1. The first-order valence-corrected chi connectivity index (χ1v) is 6.85. The molecule has 0 aliphatic heterocycles. The van der Waals surface area contributed by atoms with Crippen LogP contribution in [0, 0.1) is 0 Å². The fourth-order valence-corrected chi connectivity index (χ4v) is 2.11. The number of esters is 1. The first-order chi connectivity index (χ1) is 11.2. The van der Waals surface area contributed by atoms with Crippen molar-refractivity contribution in [2.24, 2.45) is 0 Å². The van der Waals surface area contributed by atoms with E-state index in [2.05, 4.69) is 15.4 Å². The predicted molar refractivity (Wildman–Crippen MR) is 82.5 cm³/mol. The van der Waals surface area contributed by atoms with E-state index in [1.54, 1.807) is 18.2 Å². The number of benzene rings is 2. The number of tetrazole rings is 1. The van der Waals surface area contributed by atoms with Crippen LogP contribution in [0.25, 0.3) is 17.1 Å². The maximum Gasteiger partial charge on any atom is 0.337 e. The normalized spacial score (nSPS) is 10.3. The number of methoxy groups -OCH3 is 2. The molecular formula is C16H14N4O3. The van der Waals surface area contributed by atoms with Gasteiger partial charge in [0.25, 0.3) is 0 Å². The third-order valence-electron chi connectivity index (χ3n) is 3.26. The number of carbonyl (C=O) groups is 1. The van der Waals surface area contributed by atoms with Crippen molar-refractivity contribution in [1.82, 2.24) is 20.2 Å². The summed E-state index contributed by atoms with van der Waals surface area (Å²) in [5, 5.41) is 12.4. The Morgan fingerprint density at radius 1 is 1.09 bits per heavy atom. The molecule has 0 saturated heterocycles. The number of hydrogen-bond acceptors (Lipinski definition) is 6. The summed E-state index contributed by atoms with van der Waals surface area (Å²) in [5.74, 6) is 0.515. The third-order valence-corrected chi connectivity index (χ3v) is 3.26. The van der Waals surface area contributed by atoms with Crippen LogP contribution in [0.4, 0.5) is 0 Å². The van der Waals surface area contributed by atoms with Crippen molar-refractivity contribution in [1.29, 1.82) is 0 Å². The van der Waals surface area contributed by atoms with Crippen LogP contribution < -0.4 is 4.74 Å². The van der Waals surface area contributed by atoms with E-state index in [0.29, 0.717) is 22.8 Å². The third kappa shape index (κ3) is 2.89. The second-order valence-electron chi connectivity index (χ2n) is 4.65. The minimum Gasteiger partial charge on any atom is -0.494 e. The van der Waals surface area contributed by atoms with Gasteiger partial charge in [-0.05, 0) is 23.4 Å². The van der Waals surface area contributed by atoms with Gasteiger partial charge < -0.3 is 9.47 Å². The van der Waals surface area contributed by atoms with E-state index in [1.165, 1.54) is 19.0 Å². The van der Waals surface area contributed by atoms with E-state index in [1.807, 2.05) is 30.3 Å². The van der Waals surface area contributed by atoms with Gasteiger partial charge in [0.1, 0.15) is 11.4 Å². The van der Waals surface area contributed by atoms with Crippen LogP contribution in [0.1, 0.15) is 10.4 Å². The summed E-state index contributed by atoms with van der Waals surface area (Å²) in [6, 6.07) is 14.4. The number of ether oxygens (including phenoxy) is 2. The Kier molecular flexibility index (Phi) is 4.01. The van der Waals surface area contributed by atoms with Gasteiger partial charge in [-0.1, -0.05) is 30.3 Å². The Morgan fingerprint density at radius 3 is 2.57 bits per heavy atom. The Bertz CT molecular complexity index is 830. The van der Waals surface area contributed by atoms with Crippen molar-refractivity contribution < 1.29 is 14.3 Å². The highest BCUT2D eigenvalue weighted by atomic mass is 16.5. The van der Waals surface area contributed by atoms with Gasteiger partial charge >= 0.3 is 5.97 Å². The lowest BCUT2D eigenvalue weighted by Gasteiger charge is -2.08. The fraction of sp³-hybridized carbons (Fsp3) is 0.125. The van der Waals surface area contributed by atoms with Gasteiger partial charge in [0.2, 0.25) is 5.82 Å². The second-order valence-corrected chi connectivity index (χ2v) is 4.65. The maximum atomic E-state index is 11.6. The van der Waals surface area contributed by atoms with Crippen LogP contribution in [0.5, 0.6) is 5.75 Å². The molecule has 2 aromatic carbocycles. The largest absolute Gasteiger partial charge is 0.494 e. The van der Waals surface area contributed by atoms with Crippen LogP contribution in [-0.4, -0.2) is 40.4 Å². The van der Waals surface area contributed by atoms with Crippen LogP contribution in [0.3, 0.4) is 0 Å². The van der Waals surface area contributed by atoms with Gasteiger partial charge in [-0.25, -0.2) is 4.79 Å². The van der Waals surface area contributed by atoms with E-state index in [0.717, 1.165) is 5.56 Å². The molecule has 1 aromatic heterocycles. The molecule has 7 heteroatoms. The Hall–Kier alpha value is -3.22. The molecule has 116 valence electrons. The lowest BCUT2D eigenvalue weighted by molar-refractivity contribution is 0.0600. The summed E-state index contributed by atoms with van der Waals surface area (Å²) >= 11 is 0. The zero-order valence-electron chi connectivity index (χ0n) is 12.6. The Morgan fingerprint density at radius 2 is 1.87 bits per heavy atom. The maximum absolute atomic E-state index is 11.6. The highest BCUT2D eigenvalue weighted by Crippen LogP contribution is 2.24. The zero-order chi connectivity index (χ0) is 16.2. The van der Waals surface area contributed by atoms with Crippen molar-refractivity contribution in [3.8, 4) is 22.8 Å². The molecule has 0 unspecified atom stereocenters. The van der Waals surface area contributed by atoms with Crippen molar-refractivity contribution in [3.63, 3.8) is 0 Å². The van der Waals surface area contributed by atoms with Crippen LogP contribution in [-0.2, 0) is 4.74 Å². The molecule has 0 atom stereocenters. The summed E-state index contributed by atoms with van der Waals surface area (Å²) in [6.45, 7) is 0. The van der Waals surface area contributed by atoms with Gasteiger partial charge in [0.05, 0.1) is 19.8 Å². The molecule has 0 saturated carbocycles. The highest BCUT2D eigenvalue weighted by molar-refractivity contribution is 5.90. The minimum atomic E-state index is -0.439. The molecule has 0 amide bonds. The second kappa shape index (κ2) is 6.27. The number of carbonyl (C=O) groups excluding carboxylic acids is 1. The summed E-state index contributed by atoms with van der Waals surface area (Å²) in [4.78, 5) is 13.0. The molecule has 3 aromatic rings. The van der Waals surface area contributed by atoms with Crippen LogP contribution >= 0.6 is 0 Å². The van der Waals surface area contributed by atoms with Crippen LogP contribution in [0.15, 0.2) is 48.5 Å². The lowest BCUT2D eigenvalue weighted by Crippen LogP contribution is -2.06. The summed E-state index contributed by atoms with van der Waals surface area (Å²) in [5.41, 5.74) is 1.83. The Balaban J connectivity index is 1.99. The molecule has 7 nitrogen and oxygen atoms in total. The quantitative estimate of drug-likeness (QED) is 0.687. The minimum absolute atomic E-state index is 0.386. The molecule has 3 rings (SSSR count). The summed E-state index contributed by atoms with van der Waals surface area (Å²) < 4.78 is 10.0. The molecule has 0 radical (unpaired) electrons. The van der Waals surface area contributed by atoms with E-state index >= 15 is 0 Å². The van der Waals surface area contributed by atoms with Gasteiger partial charge in [0.15, 0.2) is 0 Å². The van der Waals surface area contributed by atoms with E-state index < -0.39 is 5.97 Å². The molecule has 0 fully saturated rings. The van der Waals surface area contributed by atoms with E-state index in [-0.39, 0.29) is 0 Å². The average molecular weight is 310 g/mol. The predicted octanol–water partition coefficient (Wildman–Crippen LogP) is 2.12. The van der Waals surface area contributed by atoms with Crippen molar-refractivity contribution >= 4 is 5.97 Å². The first kappa shape index (κ1) is 14.7. The molecule has 23 heavy (non-hydrogen) atoms. The smallest absolute Gasteiger partial charge is 0.337 e. The summed E-state index contributed by atoms with van der Waals surface area (Å²) in [6.07, 6.45) is 0. The fourth-order valence-electron chi connectivity index (χ4n) is 2.11. The average Bonchev–Trinajstić information content (AvgIpc) is 3.11. The molecule has 0 aliphatic carbocycles. The molecular weight excluding hydrogens is 296 g/mol. The molecule has 1 heterocycles. The molecule has 0 bridgehead atoms. The monoisotopic (exact) mass is 310 g/mol. The first-order valence-electron chi connectivity index (χ1n) is 6.85. The zero-order valence-corrected chi connectivity index (χ0v) is 12.6.